The molecule has 2 aromatic carbocycles. The third-order valence-corrected chi connectivity index (χ3v) is 5.18. The first kappa shape index (κ1) is 21.6. The molecule has 2 amide bonds. The van der Waals surface area contributed by atoms with E-state index in [1.807, 2.05) is 0 Å². The highest BCUT2D eigenvalue weighted by molar-refractivity contribution is 8.18. The normalized spacial score (nSPS) is 16.1. The van der Waals surface area contributed by atoms with Gasteiger partial charge in [-0.1, -0.05) is 29.8 Å². The fraction of sp³-hybridized carbons (Fsp3) is 0.0526. The molecule has 1 aliphatic rings. The standard InChI is InChI=1S/C19H10ClF3N2O4S/c20-14-9-8-12(10-13(14)19(21,22)23)24-17(26)16(30-18(24)27)7-3-5-11-4-1-2-6-15(11)25(28)29/h1-10H/b5-3+,16-7-. The number of hydrogen-bond donors (Lipinski definition) is 0. The van der Waals surface area contributed by atoms with Crippen LogP contribution in [0.25, 0.3) is 6.08 Å². The van der Waals surface area contributed by atoms with E-state index < -0.39 is 32.8 Å². The van der Waals surface area contributed by atoms with Crippen LogP contribution in [0.5, 0.6) is 0 Å². The van der Waals surface area contributed by atoms with Crippen molar-refractivity contribution < 1.29 is 27.7 Å². The van der Waals surface area contributed by atoms with Crippen LogP contribution in [0.1, 0.15) is 11.1 Å². The molecule has 0 aromatic heterocycles. The highest BCUT2D eigenvalue weighted by atomic mass is 35.5. The zero-order chi connectivity index (χ0) is 22.1. The van der Waals surface area contributed by atoms with Crippen molar-refractivity contribution in [2.24, 2.45) is 0 Å². The van der Waals surface area contributed by atoms with Gasteiger partial charge in [-0.3, -0.25) is 19.7 Å². The summed E-state index contributed by atoms with van der Waals surface area (Å²) in [6.07, 6.45) is -0.751. The summed E-state index contributed by atoms with van der Waals surface area (Å²) in [5, 5.41) is 9.68. The molecule has 0 atom stereocenters. The second-order valence-corrected chi connectivity index (χ2v) is 7.28. The average molecular weight is 455 g/mol. The molecule has 0 N–H and O–H groups in total. The second-order valence-electron chi connectivity index (χ2n) is 5.88. The molecule has 0 saturated carbocycles. The minimum absolute atomic E-state index is 0.0432. The van der Waals surface area contributed by atoms with Crippen LogP contribution in [0.3, 0.4) is 0 Å². The van der Waals surface area contributed by atoms with Gasteiger partial charge in [0.15, 0.2) is 0 Å². The zero-order valence-corrected chi connectivity index (χ0v) is 16.3. The molecule has 0 unspecified atom stereocenters. The summed E-state index contributed by atoms with van der Waals surface area (Å²) < 4.78 is 39.2. The van der Waals surface area contributed by atoms with Gasteiger partial charge in [0.2, 0.25) is 0 Å². The van der Waals surface area contributed by atoms with E-state index in [2.05, 4.69) is 0 Å². The molecule has 1 fully saturated rings. The second kappa shape index (κ2) is 8.33. The van der Waals surface area contributed by atoms with Crippen molar-refractivity contribution in [1.82, 2.24) is 0 Å². The first-order valence-corrected chi connectivity index (χ1v) is 9.34. The number of amides is 2. The Morgan fingerprint density at radius 1 is 1.13 bits per heavy atom. The van der Waals surface area contributed by atoms with Crippen molar-refractivity contribution >= 4 is 52.0 Å². The van der Waals surface area contributed by atoms with Crippen LogP contribution in [0.15, 0.2) is 59.5 Å². The smallest absolute Gasteiger partial charge is 0.268 e. The summed E-state index contributed by atoms with van der Waals surface area (Å²) in [6.45, 7) is 0. The predicted molar refractivity (Wildman–Crippen MR) is 107 cm³/mol. The van der Waals surface area contributed by atoms with E-state index in [1.165, 1.54) is 36.4 Å². The van der Waals surface area contributed by atoms with Crippen LogP contribution in [0.4, 0.5) is 29.3 Å². The topological polar surface area (TPSA) is 80.5 Å². The lowest BCUT2D eigenvalue weighted by atomic mass is 10.1. The summed E-state index contributed by atoms with van der Waals surface area (Å²) >= 11 is 6.11. The van der Waals surface area contributed by atoms with Gasteiger partial charge in [-0.25, -0.2) is 4.90 Å². The molecular formula is C19H10ClF3N2O4S. The molecule has 30 heavy (non-hydrogen) atoms. The van der Waals surface area contributed by atoms with E-state index in [-0.39, 0.29) is 21.8 Å². The lowest BCUT2D eigenvalue weighted by Gasteiger charge is -2.16. The largest absolute Gasteiger partial charge is 0.417 e. The summed E-state index contributed by atoms with van der Waals surface area (Å²) in [5.74, 6) is -0.812. The van der Waals surface area contributed by atoms with E-state index >= 15 is 0 Å². The lowest BCUT2D eigenvalue weighted by Crippen LogP contribution is -2.28. The van der Waals surface area contributed by atoms with Crippen LogP contribution in [-0.4, -0.2) is 16.1 Å². The number of carbonyl (C=O) groups is 2. The molecule has 0 aliphatic carbocycles. The Morgan fingerprint density at radius 2 is 1.83 bits per heavy atom. The van der Waals surface area contributed by atoms with Gasteiger partial charge in [-0.2, -0.15) is 13.2 Å². The molecule has 2 aromatic rings. The van der Waals surface area contributed by atoms with E-state index in [9.17, 15) is 32.9 Å². The van der Waals surface area contributed by atoms with Gasteiger partial charge in [0.25, 0.3) is 16.8 Å². The number of nitro groups is 1. The monoisotopic (exact) mass is 454 g/mol. The van der Waals surface area contributed by atoms with Crippen molar-refractivity contribution in [3.63, 3.8) is 0 Å². The molecule has 0 bridgehead atoms. The number of carbonyl (C=O) groups excluding carboxylic acids is 2. The number of para-hydroxylation sites is 1. The third-order valence-electron chi connectivity index (χ3n) is 3.96. The molecule has 154 valence electrons. The highest BCUT2D eigenvalue weighted by Crippen LogP contribution is 2.40. The number of halogens is 4. The van der Waals surface area contributed by atoms with Crippen LogP contribution in [-0.2, 0) is 11.0 Å². The van der Waals surface area contributed by atoms with Crippen molar-refractivity contribution in [3.8, 4) is 0 Å². The minimum atomic E-state index is -4.75. The number of allylic oxidation sites excluding steroid dienone is 2. The fourth-order valence-electron chi connectivity index (χ4n) is 2.61. The average Bonchev–Trinajstić information content (AvgIpc) is 2.95. The Morgan fingerprint density at radius 3 is 2.50 bits per heavy atom. The van der Waals surface area contributed by atoms with Crippen LogP contribution in [0, 0.1) is 10.1 Å². The van der Waals surface area contributed by atoms with Crippen LogP contribution < -0.4 is 4.90 Å². The zero-order valence-electron chi connectivity index (χ0n) is 14.7. The van der Waals surface area contributed by atoms with Gasteiger partial charge in [0.05, 0.1) is 31.7 Å². The maximum absolute atomic E-state index is 13.1. The number of imide groups is 1. The van der Waals surface area contributed by atoms with Gasteiger partial charge in [0, 0.05) is 6.07 Å². The van der Waals surface area contributed by atoms with Crippen molar-refractivity contribution in [3.05, 3.63) is 85.8 Å². The molecule has 1 saturated heterocycles. The Kier molecular flexibility index (Phi) is 5.99. The van der Waals surface area contributed by atoms with Crippen molar-refractivity contribution in [2.45, 2.75) is 6.18 Å². The molecule has 11 heteroatoms. The SMILES string of the molecule is O=C1S/C(=C\C=C\c2ccccc2[N+](=O)[O-])C(=O)N1c1ccc(Cl)c(C(F)(F)F)c1. The van der Waals surface area contributed by atoms with Gasteiger partial charge in [-0.05, 0) is 48.2 Å². The molecule has 6 nitrogen and oxygen atoms in total. The van der Waals surface area contributed by atoms with Gasteiger partial charge in [0.1, 0.15) is 0 Å². The summed E-state index contributed by atoms with van der Waals surface area (Å²) in [6, 6.07) is 8.64. The molecule has 3 rings (SSSR count). The Bertz CT molecular complexity index is 1120. The third kappa shape index (κ3) is 4.39. The summed E-state index contributed by atoms with van der Waals surface area (Å²) in [5.41, 5.74) is -1.29. The van der Waals surface area contributed by atoms with Gasteiger partial charge < -0.3 is 0 Å². The quantitative estimate of drug-likeness (QED) is 0.318. The van der Waals surface area contributed by atoms with Gasteiger partial charge >= 0.3 is 6.18 Å². The number of thioether (sulfide) groups is 1. The first-order chi connectivity index (χ1) is 14.1. The van der Waals surface area contributed by atoms with Crippen molar-refractivity contribution in [1.29, 1.82) is 0 Å². The number of benzene rings is 2. The lowest BCUT2D eigenvalue weighted by molar-refractivity contribution is -0.385. The maximum atomic E-state index is 13.1. The highest BCUT2D eigenvalue weighted by Gasteiger charge is 2.39. The van der Waals surface area contributed by atoms with Crippen LogP contribution >= 0.6 is 23.4 Å². The van der Waals surface area contributed by atoms with E-state index in [4.69, 9.17) is 11.6 Å². The number of rotatable bonds is 4. The van der Waals surface area contributed by atoms with Crippen molar-refractivity contribution in [2.75, 3.05) is 4.90 Å². The summed E-state index contributed by atoms with van der Waals surface area (Å²) in [4.78, 5) is 35.8. The predicted octanol–water partition coefficient (Wildman–Crippen LogP) is 6.06. The van der Waals surface area contributed by atoms with E-state index in [0.29, 0.717) is 22.7 Å². The number of alkyl halides is 3. The maximum Gasteiger partial charge on any atom is 0.417 e. The molecule has 1 aliphatic heterocycles. The Hall–Kier alpha value is -3.11. The number of anilines is 1. The number of nitrogens with zero attached hydrogens (tertiary/aromatic N) is 2. The number of hydrogen-bond acceptors (Lipinski definition) is 5. The van der Waals surface area contributed by atoms with Crippen LogP contribution in [0.2, 0.25) is 5.02 Å². The molecule has 0 spiro atoms. The first-order valence-electron chi connectivity index (χ1n) is 8.14. The van der Waals surface area contributed by atoms with Gasteiger partial charge in [-0.15, -0.1) is 0 Å². The fourth-order valence-corrected chi connectivity index (χ4v) is 3.63. The Balaban J connectivity index is 1.88. The molecule has 0 radical (unpaired) electrons. The van der Waals surface area contributed by atoms with E-state index in [1.54, 1.807) is 6.07 Å². The number of nitro benzene ring substituents is 1. The Labute approximate surface area is 176 Å². The molecular weight excluding hydrogens is 445 g/mol. The van der Waals surface area contributed by atoms with E-state index in [0.717, 1.165) is 12.1 Å². The molecule has 1 heterocycles. The summed E-state index contributed by atoms with van der Waals surface area (Å²) in [7, 11) is 0. The minimum Gasteiger partial charge on any atom is -0.268 e.